The third kappa shape index (κ3) is 6.36. The molecule has 0 bridgehead atoms. The molecule has 0 aliphatic rings. The molecule has 0 amide bonds. The zero-order valence-electron chi connectivity index (χ0n) is 11.7. The lowest BCUT2D eigenvalue weighted by atomic mass is 10.1. The number of benzene rings is 1. The van der Waals surface area contributed by atoms with Crippen molar-refractivity contribution in [2.24, 2.45) is 0 Å². The van der Waals surface area contributed by atoms with Crippen LogP contribution in [-0.2, 0) is 9.47 Å². The van der Waals surface area contributed by atoms with Crippen molar-refractivity contribution in [2.45, 2.75) is 19.8 Å². The fraction of sp³-hybridized carbons (Fsp3) is 0.533. The highest BCUT2D eigenvalue weighted by molar-refractivity contribution is 5.96. The molecule has 4 nitrogen and oxygen atoms in total. The molecular formula is C15H22O4. The van der Waals surface area contributed by atoms with Crippen LogP contribution in [0.15, 0.2) is 24.3 Å². The number of methoxy groups -OCH3 is 1. The van der Waals surface area contributed by atoms with E-state index in [0.717, 1.165) is 6.42 Å². The van der Waals surface area contributed by atoms with Crippen LogP contribution in [0.2, 0.25) is 0 Å². The van der Waals surface area contributed by atoms with E-state index in [-0.39, 0.29) is 5.78 Å². The Morgan fingerprint density at radius 2 is 2.00 bits per heavy atom. The average Bonchev–Trinajstić information content (AvgIpc) is 2.46. The van der Waals surface area contributed by atoms with Gasteiger partial charge in [-0.3, -0.25) is 4.79 Å². The molecule has 0 aromatic heterocycles. The smallest absolute Gasteiger partial charge is 0.162 e. The van der Waals surface area contributed by atoms with E-state index in [1.807, 2.05) is 19.1 Å². The first kappa shape index (κ1) is 15.7. The minimum absolute atomic E-state index is 0.126. The number of ketones is 1. The molecule has 1 rings (SSSR count). The summed E-state index contributed by atoms with van der Waals surface area (Å²) in [7, 11) is 1.67. The van der Waals surface area contributed by atoms with Gasteiger partial charge in [0.15, 0.2) is 5.78 Å². The van der Waals surface area contributed by atoms with Crippen molar-refractivity contribution in [3.8, 4) is 5.75 Å². The summed E-state index contributed by atoms with van der Waals surface area (Å²) in [5, 5.41) is 0. The molecule has 0 fully saturated rings. The van der Waals surface area contributed by atoms with Gasteiger partial charge >= 0.3 is 0 Å². The van der Waals surface area contributed by atoms with E-state index >= 15 is 0 Å². The second kappa shape index (κ2) is 9.53. The number of hydrogen-bond acceptors (Lipinski definition) is 4. The van der Waals surface area contributed by atoms with Gasteiger partial charge in [-0.05, 0) is 18.6 Å². The van der Waals surface area contributed by atoms with Gasteiger partial charge in [0, 0.05) is 32.3 Å². The van der Waals surface area contributed by atoms with Crippen LogP contribution in [0, 0.1) is 0 Å². The van der Waals surface area contributed by atoms with Crippen molar-refractivity contribution in [1.29, 1.82) is 0 Å². The molecule has 0 N–H and O–H groups in total. The van der Waals surface area contributed by atoms with E-state index in [9.17, 15) is 4.79 Å². The predicted molar refractivity (Wildman–Crippen MR) is 73.9 cm³/mol. The number of Topliss-reactive ketones (excluding diaryl/α,β-unsaturated/α-hetero) is 1. The van der Waals surface area contributed by atoms with Crippen molar-refractivity contribution in [3.63, 3.8) is 0 Å². The van der Waals surface area contributed by atoms with E-state index in [2.05, 4.69) is 0 Å². The van der Waals surface area contributed by atoms with Crippen LogP contribution in [0.4, 0.5) is 0 Å². The van der Waals surface area contributed by atoms with Crippen LogP contribution in [0.1, 0.15) is 30.1 Å². The average molecular weight is 266 g/mol. The third-order valence-electron chi connectivity index (χ3n) is 2.61. The Balaban J connectivity index is 2.24. The zero-order chi connectivity index (χ0) is 13.9. The van der Waals surface area contributed by atoms with Crippen LogP contribution < -0.4 is 4.74 Å². The van der Waals surface area contributed by atoms with Crippen LogP contribution in [0.25, 0.3) is 0 Å². The van der Waals surface area contributed by atoms with E-state index in [1.54, 1.807) is 19.2 Å². The lowest BCUT2D eigenvalue weighted by Gasteiger charge is -2.08. The number of ether oxygens (including phenoxy) is 3. The molecular weight excluding hydrogens is 244 g/mol. The SMILES string of the molecule is CCC(=O)c1cccc(OCCOCCCOC)c1. The van der Waals surface area contributed by atoms with Crippen molar-refractivity contribution in [1.82, 2.24) is 0 Å². The molecule has 1 aromatic carbocycles. The minimum atomic E-state index is 0.126. The second-order valence-corrected chi connectivity index (χ2v) is 4.11. The maximum absolute atomic E-state index is 11.6. The van der Waals surface area contributed by atoms with Gasteiger partial charge in [0.25, 0.3) is 0 Å². The van der Waals surface area contributed by atoms with Crippen LogP contribution >= 0.6 is 0 Å². The van der Waals surface area contributed by atoms with Gasteiger partial charge in [0.05, 0.1) is 6.61 Å². The summed E-state index contributed by atoms with van der Waals surface area (Å²) in [5.74, 6) is 0.834. The van der Waals surface area contributed by atoms with Gasteiger partial charge in [0.2, 0.25) is 0 Å². The van der Waals surface area contributed by atoms with Gasteiger partial charge in [0.1, 0.15) is 12.4 Å². The van der Waals surface area contributed by atoms with E-state index in [0.29, 0.717) is 44.2 Å². The monoisotopic (exact) mass is 266 g/mol. The topological polar surface area (TPSA) is 44.8 Å². The molecule has 0 aliphatic carbocycles. The van der Waals surface area contributed by atoms with Gasteiger partial charge in [-0.1, -0.05) is 19.1 Å². The van der Waals surface area contributed by atoms with Crippen LogP contribution in [-0.4, -0.2) is 39.3 Å². The first-order chi connectivity index (χ1) is 9.27. The van der Waals surface area contributed by atoms with Crippen molar-refractivity contribution < 1.29 is 19.0 Å². The maximum atomic E-state index is 11.6. The molecule has 0 saturated carbocycles. The molecule has 19 heavy (non-hydrogen) atoms. The van der Waals surface area contributed by atoms with Gasteiger partial charge < -0.3 is 14.2 Å². The Morgan fingerprint density at radius 1 is 1.16 bits per heavy atom. The first-order valence-corrected chi connectivity index (χ1v) is 6.60. The van der Waals surface area contributed by atoms with Crippen molar-refractivity contribution >= 4 is 5.78 Å². The van der Waals surface area contributed by atoms with E-state index < -0.39 is 0 Å². The Bertz CT molecular complexity index is 376. The summed E-state index contributed by atoms with van der Waals surface area (Å²) in [4.78, 5) is 11.6. The van der Waals surface area contributed by atoms with Gasteiger partial charge in [-0.15, -0.1) is 0 Å². The molecule has 0 spiro atoms. The lowest BCUT2D eigenvalue weighted by Crippen LogP contribution is -2.09. The Hall–Kier alpha value is -1.39. The summed E-state index contributed by atoms with van der Waals surface area (Å²) in [6, 6.07) is 7.26. The summed E-state index contributed by atoms with van der Waals surface area (Å²) < 4.78 is 15.8. The summed E-state index contributed by atoms with van der Waals surface area (Å²) >= 11 is 0. The lowest BCUT2D eigenvalue weighted by molar-refractivity contribution is 0.0806. The molecule has 0 atom stereocenters. The van der Waals surface area contributed by atoms with Crippen LogP contribution in [0.3, 0.4) is 0 Å². The summed E-state index contributed by atoms with van der Waals surface area (Å²) in [6.07, 6.45) is 1.39. The quantitative estimate of drug-likeness (QED) is 0.482. The highest BCUT2D eigenvalue weighted by Crippen LogP contribution is 2.14. The summed E-state index contributed by atoms with van der Waals surface area (Å²) in [6.45, 7) is 4.25. The van der Waals surface area contributed by atoms with Gasteiger partial charge in [-0.25, -0.2) is 0 Å². The molecule has 0 heterocycles. The predicted octanol–water partition coefficient (Wildman–Crippen LogP) is 2.71. The molecule has 106 valence electrons. The van der Waals surface area contributed by atoms with Crippen molar-refractivity contribution in [2.75, 3.05) is 33.5 Å². The Morgan fingerprint density at radius 3 is 2.74 bits per heavy atom. The number of carbonyl (C=O) groups excluding carboxylic acids is 1. The van der Waals surface area contributed by atoms with Crippen LogP contribution in [0.5, 0.6) is 5.75 Å². The fourth-order valence-electron chi connectivity index (χ4n) is 1.59. The zero-order valence-corrected chi connectivity index (χ0v) is 11.7. The number of carbonyl (C=O) groups is 1. The highest BCUT2D eigenvalue weighted by atomic mass is 16.5. The standard InChI is InChI=1S/C15H22O4/c1-3-15(16)13-6-4-7-14(12-13)19-11-10-18-9-5-8-17-2/h4,6-7,12H,3,5,8-11H2,1-2H3. The molecule has 0 aliphatic heterocycles. The third-order valence-corrected chi connectivity index (χ3v) is 2.61. The molecule has 0 unspecified atom stereocenters. The molecule has 0 saturated heterocycles. The van der Waals surface area contributed by atoms with Crippen molar-refractivity contribution in [3.05, 3.63) is 29.8 Å². The number of rotatable bonds is 10. The Kier molecular flexibility index (Phi) is 7.86. The maximum Gasteiger partial charge on any atom is 0.162 e. The minimum Gasteiger partial charge on any atom is -0.491 e. The fourth-order valence-corrected chi connectivity index (χ4v) is 1.59. The molecule has 1 aromatic rings. The van der Waals surface area contributed by atoms with E-state index in [4.69, 9.17) is 14.2 Å². The van der Waals surface area contributed by atoms with Gasteiger partial charge in [-0.2, -0.15) is 0 Å². The largest absolute Gasteiger partial charge is 0.491 e. The highest BCUT2D eigenvalue weighted by Gasteiger charge is 2.03. The normalized spacial score (nSPS) is 10.4. The van der Waals surface area contributed by atoms with E-state index in [1.165, 1.54) is 0 Å². The Labute approximate surface area is 114 Å². The second-order valence-electron chi connectivity index (χ2n) is 4.11. The number of hydrogen-bond donors (Lipinski definition) is 0. The molecule has 0 radical (unpaired) electrons. The summed E-state index contributed by atoms with van der Waals surface area (Å²) in [5.41, 5.74) is 0.695. The molecule has 4 heteroatoms. The first-order valence-electron chi connectivity index (χ1n) is 6.60.